The van der Waals surface area contributed by atoms with E-state index in [1.165, 1.54) is 29.7 Å². The highest BCUT2D eigenvalue weighted by Gasteiger charge is 2.27. The third-order valence-electron chi connectivity index (χ3n) is 3.83. The van der Waals surface area contributed by atoms with Crippen molar-refractivity contribution >= 4 is 16.9 Å². The molecule has 0 amide bonds. The average molecular weight is 260 g/mol. The molecule has 1 heterocycles. The first-order valence-electron chi connectivity index (χ1n) is 6.67. The van der Waals surface area contributed by atoms with Crippen LogP contribution in [0.25, 0.3) is 0 Å². The van der Waals surface area contributed by atoms with Crippen molar-refractivity contribution in [2.75, 3.05) is 12.3 Å². The molecule has 1 aliphatic carbocycles. The zero-order valence-corrected chi connectivity index (χ0v) is 11.9. The summed E-state index contributed by atoms with van der Waals surface area (Å²) in [4.78, 5) is 4.77. The minimum absolute atomic E-state index is 0.210. The molecule has 1 aromatic rings. The Balaban J connectivity index is 1.62. The van der Waals surface area contributed by atoms with Crippen molar-refractivity contribution in [3.05, 3.63) is 35.4 Å². The standard InChI is InChI=1S/C15H20N2S/c1-15(2)7-8-18-14(17-15)16-10-12-9-11-5-3-4-6-13(11)12/h3-6,12H,7-10H2,1-2H3,(H,16,17). The number of hydrogen-bond acceptors (Lipinski definition) is 2. The number of nitrogens with one attached hydrogen (secondary N) is 1. The maximum Gasteiger partial charge on any atom is 0.156 e. The maximum atomic E-state index is 4.77. The SMILES string of the molecule is CC1(C)CCSC(=NCC2Cc3ccccc32)N1. The molecule has 0 spiro atoms. The molecule has 2 nitrogen and oxygen atoms in total. The van der Waals surface area contributed by atoms with Crippen LogP contribution in [0.2, 0.25) is 0 Å². The highest BCUT2D eigenvalue weighted by Crippen LogP contribution is 2.35. The van der Waals surface area contributed by atoms with Gasteiger partial charge in [-0.1, -0.05) is 36.0 Å². The van der Waals surface area contributed by atoms with Gasteiger partial charge < -0.3 is 5.32 Å². The van der Waals surface area contributed by atoms with E-state index < -0.39 is 0 Å². The lowest BCUT2D eigenvalue weighted by molar-refractivity contribution is 0.445. The summed E-state index contributed by atoms with van der Waals surface area (Å²) in [5, 5.41) is 4.67. The third kappa shape index (κ3) is 2.41. The fourth-order valence-corrected chi connectivity index (χ4v) is 3.91. The lowest BCUT2D eigenvalue weighted by atomic mass is 9.78. The molecule has 18 heavy (non-hydrogen) atoms. The van der Waals surface area contributed by atoms with Gasteiger partial charge in [0, 0.05) is 23.8 Å². The average Bonchev–Trinajstić information content (AvgIpc) is 2.29. The Bertz CT molecular complexity index is 479. The fraction of sp³-hybridized carbons (Fsp3) is 0.533. The molecule has 1 unspecified atom stereocenters. The molecule has 3 heteroatoms. The normalized spacial score (nSPS) is 27.2. The Morgan fingerprint density at radius 2 is 2.22 bits per heavy atom. The van der Waals surface area contributed by atoms with E-state index in [4.69, 9.17) is 4.99 Å². The predicted octanol–water partition coefficient (Wildman–Crippen LogP) is 3.19. The van der Waals surface area contributed by atoms with Crippen molar-refractivity contribution in [2.24, 2.45) is 4.99 Å². The second kappa shape index (κ2) is 4.61. The largest absolute Gasteiger partial charge is 0.360 e. The van der Waals surface area contributed by atoms with Gasteiger partial charge in [0.2, 0.25) is 0 Å². The topological polar surface area (TPSA) is 24.4 Å². The van der Waals surface area contributed by atoms with Gasteiger partial charge in [-0.15, -0.1) is 0 Å². The number of nitrogens with zero attached hydrogens (tertiary/aromatic N) is 1. The molecular weight excluding hydrogens is 240 g/mol. The summed E-state index contributed by atoms with van der Waals surface area (Å²) in [6.07, 6.45) is 2.41. The molecule has 1 N–H and O–H groups in total. The minimum Gasteiger partial charge on any atom is -0.360 e. The van der Waals surface area contributed by atoms with Crippen molar-refractivity contribution in [3.63, 3.8) is 0 Å². The molecule has 1 saturated heterocycles. The summed E-state index contributed by atoms with van der Waals surface area (Å²) in [6.45, 7) is 5.43. The van der Waals surface area contributed by atoms with E-state index in [0.717, 1.165) is 11.7 Å². The van der Waals surface area contributed by atoms with Gasteiger partial charge in [0.25, 0.3) is 0 Å². The van der Waals surface area contributed by atoms with E-state index in [1.807, 2.05) is 11.8 Å². The van der Waals surface area contributed by atoms with Gasteiger partial charge in [-0.25, -0.2) is 0 Å². The van der Waals surface area contributed by atoms with Gasteiger partial charge in [-0.05, 0) is 37.8 Å². The van der Waals surface area contributed by atoms with Gasteiger partial charge in [-0.2, -0.15) is 0 Å². The number of benzene rings is 1. The van der Waals surface area contributed by atoms with Crippen LogP contribution in [0.4, 0.5) is 0 Å². The summed E-state index contributed by atoms with van der Waals surface area (Å²) in [5.41, 5.74) is 3.22. The van der Waals surface area contributed by atoms with Gasteiger partial charge in [-0.3, -0.25) is 4.99 Å². The molecule has 1 fully saturated rings. The monoisotopic (exact) mass is 260 g/mol. The van der Waals surface area contributed by atoms with E-state index in [2.05, 4.69) is 43.4 Å². The van der Waals surface area contributed by atoms with Crippen molar-refractivity contribution in [1.29, 1.82) is 0 Å². The van der Waals surface area contributed by atoms with Crippen molar-refractivity contribution in [2.45, 2.75) is 38.1 Å². The number of thioether (sulfide) groups is 1. The van der Waals surface area contributed by atoms with Crippen LogP contribution in [-0.2, 0) is 6.42 Å². The zero-order chi connectivity index (χ0) is 12.6. The molecule has 0 aromatic heterocycles. The van der Waals surface area contributed by atoms with Crippen LogP contribution >= 0.6 is 11.8 Å². The Hall–Kier alpha value is -0.960. The second-order valence-electron chi connectivity index (χ2n) is 5.85. The summed E-state index contributed by atoms with van der Waals surface area (Å²) in [7, 11) is 0. The maximum absolute atomic E-state index is 4.77. The van der Waals surface area contributed by atoms with Crippen molar-refractivity contribution in [3.8, 4) is 0 Å². The van der Waals surface area contributed by atoms with Gasteiger partial charge in [0.1, 0.15) is 0 Å². The first-order chi connectivity index (χ1) is 8.64. The molecular formula is C15H20N2S. The second-order valence-corrected chi connectivity index (χ2v) is 6.94. The van der Waals surface area contributed by atoms with Crippen LogP contribution in [0.3, 0.4) is 0 Å². The Morgan fingerprint density at radius 1 is 1.39 bits per heavy atom. The van der Waals surface area contributed by atoms with Crippen LogP contribution in [0.1, 0.15) is 37.3 Å². The molecule has 1 aromatic carbocycles. The minimum atomic E-state index is 0.210. The number of rotatable bonds is 2. The van der Waals surface area contributed by atoms with Gasteiger partial charge in [0.05, 0.1) is 0 Å². The number of fused-ring (bicyclic) bond motifs is 1. The zero-order valence-electron chi connectivity index (χ0n) is 11.1. The predicted molar refractivity (Wildman–Crippen MR) is 79.5 cm³/mol. The molecule has 0 radical (unpaired) electrons. The highest BCUT2D eigenvalue weighted by atomic mass is 32.2. The summed E-state index contributed by atoms with van der Waals surface area (Å²) >= 11 is 1.86. The first-order valence-corrected chi connectivity index (χ1v) is 7.66. The van der Waals surface area contributed by atoms with E-state index in [0.29, 0.717) is 5.92 Å². The first kappa shape index (κ1) is 12.1. The lowest BCUT2D eigenvalue weighted by Gasteiger charge is -2.33. The van der Waals surface area contributed by atoms with E-state index in [-0.39, 0.29) is 5.54 Å². The smallest absolute Gasteiger partial charge is 0.156 e. The summed E-state index contributed by atoms with van der Waals surface area (Å²) in [5.74, 6) is 1.82. The van der Waals surface area contributed by atoms with E-state index >= 15 is 0 Å². The molecule has 2 aliphatic rings. The van der Waals surface area contributed by atoms with Crippen molar-refractivity contribution in [1.82, 2.24) is 5.32 Å². The van der Waals surface area contributed by atoms with Gasteiger partial charge >= 0.3 is 0 Å². The molecule has 96 valence electrons. The third-order valence-corrected chi connectivity index (χ3v) is 4.74. The molecule has 0 saturated carbocycles. The van der Waals surface area contributed by atoms with E-state index in [1.54, 1.807) is 0 Å². The quantitative estimate of drug-likeness (QED) is 0.883. The van der Waals surface area contributed by atoms with Crippen LogP contribution in [0.15, 0.2) is 29.3 Å². The Kier molecular flexibility index (Phi) is 3.10. The molecule has 3 rings (SSSR count). The molecule has 0 bridgehead atoms. The van der Waals surface area contributed by atoms with E-state index in [9.17, 15) is 0 Å². The van der Waals surface area contributed by atoms with Crippen molar-refractivity contribution < 1.29 is 0 Å². The van der Waals surface area contributed by atoms with Crippen LogP contribution < -0.4 is 5.32 Å². The number of aliphatic imine (C=N–C) groups is 1. The fourth-order valence-electron chi connectivity index (χ4n) is 2.59. The molecule has 1 aliphatic heterocycles. The van der Waals surface area contributed by atoms with Crippen LogP contribution in [-0.4, -0.2) is 23.0 Å². The Labute approximate surface area is 113 Å². The Morgan fingerprint density at radius 3 is 3.00 bits per heavy atom. The number of hydrogen-bond donors (Lipinski definition) is 1. The van der Waals surface area contributed by atoms with Gasteiger partial charge in [0.15, 0.2) is 5.17 Å². The summed E-state index contributed by atoms with van der Waals surface area (Å²) in [6, 6.07) is 8.74. The van der Waals surface area contributed by atoms with Crippen LogP contribution in [0.5, 0.6) is 0 Å². The van der Waals surface area contributed by atoms with Crippen LogP contribution in [0, 0.1) is 0 Å². The highest BCUT2D eigenvalue weighted by molar-refractivity contribution is 8.13. The molecule has 1 atom stereocenters. The number of amidine groups is 1. The lowest BCUT2D eigenvalue weighted by Crippen LogP contribution is -2.46. The summed E-state index contributed by atoms with van der Waals surface area (Å²) < 4.78 is 0.